The minimum Gasteiger partial charge on any atom is -0.478 e. The van der Waals surface area contributed by atoms with Crippen LogP contribution in [0.15, 0.2) is 36.1 Å². The van der Waals surface area contributed by atoms with E-state index in [-0.39, 0.29) is 5.57 Å². The summed E-state index contributed by atoms with van der Waals surface area (Å²) in [4.78, 5) is 21.1. The molecule has 0 aliphatic heterocycles. The highest BCUT2D eigenvalue weighted by molar-refractivity contribution is 5.89. The van der Waals surface area contributed by atoms with E-state index in [1.807, 2.05) is 0 Å². The third kappa shape index (κ3) is 2.48. The fraction of sp³-hybridized carbons (Fsp3) is 0.200. The molecule has 0 aromatic rings. The molecule has 86 valence electrons. The van der Waals surface area contributed by atoms with Gasteiger partial charge in [0.15, 0.2) is 5.76 Å². The number of carboxylic acid groups (broad SMARTS) is 2. The average Bonchev–Trinajstić information content (AvgIpc) is 2.20. The second kappa shape index (κ2) is 4.63. The number of aliphatic carboxylic acids is 2. The van der Waals surface area contributed by atoms with Gasteiger partial charge in [0.25, 0.3) is 0 Å². The maximum absolute atomic E-state index is 10.7. The summed E-state index contributed by atoms with van der Waals surface area (Å²) in [6.07, 6.45) is 1.47. The van der Waals surface area contributed by atoms with E-state index in [9.17, 15) is 14.7 Å². The molecular weight excluding hydrogens is 216 g/mol. The number of aliphatic hydroxyl groups excluding tert-OH is 1. The number of carboxylic acids is 2. The summed E-state index contributed by atoms with van der Waals surface area (Å²) in [6.45, 7) is 3.12. The Labute approximate surface area is 90.8 Å². The van der Waals surface area contributed by atoms with Crippen LogP contribution in [0.25, 0.3) is 0 Å². The van der Waals surface area contributed by atoms with Crippen LogP contribution < -0.4 is 0 Å². The number of aliphatic hydroxyl groups is 1. The SMILES string of the molecule is C=C(O[C@H]1C=CC=C(C(=O)O)[C@@H]1O)C(=O)O. The van der Waals surface area contributed by atoms with Gasteiger partial charge in [-0.1, -0.05) is 6.08 Å². The van der Waals surface area contributed by atoms with E-state index < -0.39 is 29.9 Å². The van der Waals surface area contributed by atoms with Crippen molar-refractivity contribution in [1.82, 2.24) is 0 Å². The second-order valence-corrected chi connectivity index (χ2v) is 3.07. The molecule has 0 fully saturated rings. The van der Waals surface area contributed by atoms with Crippen LogP contribution in [-0.2, 0) is 14.3 Å². The Morgan fingerprint density at radius 3 is 2.50 bits per heavy atom. The van der Waals surface area contributed by atoms with Crippen LogP contribution in [-0.4, -0.2) is 39.5 Å². The molecule has 0 bridgehead atoms. The number of allylic oxidation sites excluding steroid dienone is 2. The van der Waals surface area contributed by atoms with E-state index in [4.69, 9.17) is 14.9 Å². The van der Waals surface area contributed by atoms with Gasteiger partial charge in [-0.3, -0.25) is 0 Å². The monoisotopic (exact) mass is 226 g/mol. The van der Waals surface area contributed by atoms with Crippen LogP contribution in [0.2, 0.25) is 0 Å². The largest absolute Gasteiger partial charge is 0.478 e. The van der Waals surface area contributed by atoms with Crippen molar-refractivity contribution >= 4 is 11.9 Å². The molecule has 0 aromatic carbocycles. The molecule has 0 heterocycles. The van der Waals surface area contributed by atoms with Crippen molar-refractivity contribution in [2.45, 2.75) is 12.2 Å². The van der Waals surface area contributed by atoms with E-state index in [0.29, 0.717) is 0 Å². The molecule has 0 unspecified atom stereocenters. The molecule has 1 rings (SSSR count). The molecule has 6 nitrogen and oxygen atoms in total. The fourth-order valence-corrected chi connectivity index (χ4v) is 1.17. The molecule has 0 spiro atoms. The third-order valence-corrected chi connectivity index (χ3v) is 1.97. The lowest BCUT2D eigenvalue weighted by molar-refractivity contribution is -0.138. The van der Waals surface area contributed by atoms with Gasteiger partial charge >= 0.3 is 11.9 Å². The maximum atomic E-state index is 10.7. The topological polar surface area (TPSA) is 104 Å². The summed E-state index contributed by atoms with van der Waals surface area (Å²) in [5, 5.41) is 26.8. The van der Waals surface area contributed by atoms with Crippen molar-refractivity contribution in [1.29, 1.82) is 0 Å². The lowest BCUT2D eigenvalue weighted by Gasteiger charge is -2.23. The zero-order valence-electron chi connectivity index (χ0n) is 8.16. The van der Waals surface area contributed by atoms with Crippen molar-refractivity contribution in [3.05, 3.63) is 36.1 Å². The van der Waals surface area contributed by atoms with Crippen molar-refractivity contribution in [3.8, 4) is 0 Å². The molecule has 6 heteroatoms. The maximum Gasteiger partial charge on any atom is 0.370 e. The van der Waals surface area contributed by atoms with Gasteiger partial charge < -0.3 is 20.1 Å². The first-order valence-electron chi connectivity index (χ1n) is 4.32. The highest BCUT2D eigenvalue weighted by Gasteiger charge is 2.29. The lowest BCUT2D eigenvalue weighted by Crippen LogP contribution is -2.34. The third-order valence-electron chi connectivity index (χ3n) is 1.97. The quantitative estimate of drug-likeness (QED) is 0.457. The first-order valence-corrected chi connectivity index (χ1v) is 4.32. The zero-order chi connectivity index (χ0) is 12.3. The molecule has 16 heavy (non-hydrogen) atoms. The molecule has 2 atom stereocenters. The molecule has 0 saturated heterocycles. The number of carbonyl (C=O) groups is 2. The van der Waals surface area contributed by atoms with Crippen LogP contribution in [0.3, 0.4) is 0 Å². The Morgan fingerprint density at radius 1 is 1.38 bits per heavy atom. The summed E-state index contributed by atoms with van der Waals surface area (Å²) >= 11 is 0. The van der Waals surface area contributed by atoms with E-state index in [0.717, 1.165) is 0 Å². The highest BCUT2D eigenvalue weighted by atomic mass is 16.5. The van der Waals surface area contributed by atoms with E-state index in [1.165, 1.54) is 18.2 Å². The first-order chi connectivity index (χ1) is 7.43. The van der Waals surface area contributed by atoms with Crippen LogP contribution in [0, 0.1) is 0 Å². The summed E-state index contributed by atoms with van der Waals surface area (Å²) in [5.74, 6) is -3.21. The predicted octanol–water partition coefficient (Wildman–Crippen LogP) is -0.0884. The van der Waals surface area contributed by atoms with Gasteiger partial charge in [0.1, 0.15) is 12.2 Å². The van der Waals surface area contributed by atoms with Crippen LogP contribution >= 0.6 is 0 Å². The van der Waals surface area contributed by atoms with Gasteiger partial charge in [-0.05, 0) is 18.7 Å². The van der Waals surface area contributed by atoms with Gasteiger partial charge in [-0.15, -0.1) is 0 Å². The minimum absolute atomic E-state index is 0.259. The summed E-state index contributed by atoms with van der Waals surface area (Å²) in [7, 11) is 0. The molecule has 1 aliphatic carbocycles. The van der Waals surface area contributed by atoms with Crippen LogP contribution in [0.1, 0.15) is 0 Å². The Balaban J connectivity index is 2.76. The number of hydrogen-bond acceptors (Lipinski definition) is 4. The van der Waals surface area contributed by atoms with Crippen molar-refractivity contribution < 1.29 is 29.6 Å². The number of ether oxygens (including phenoxy) is 1. The van der Waals surface area contributed by atoms with Gasteiger partial charge in [0.2, 0.25) is 0 Å². The highest BCUT2D eigenvalue weighted by Crippen LogP contribution is 2.18. The Hall–Kier alpha value is -2.08. The standard InChI is InChI=1S/C10H10O6/c1-5(9(12)13)16-7-4-2-3-6(8(7)11)10(14)15/h2-4,7-8,11H,1H2,(H,12,13)(H,14,15)/t7-,8-/m0/s1. The normalized spacial score (nSPS) is 23.4. The van der Waals surface area contributed by atoms with Gasteiger partial charge in [-0.2, -0.15) is 0 Å². The smallest absolute Gasteiger partial charge is 0.370 e. The van der Waals surface area contributed by atoms with Crippen LogP contribution in [0.5, 0.6) is 0 Å². The average molecular weight is 226 g/mol. The molecule has 0 aromatic heterocycles. The van der Waals surface area contributed by atoms with Crippen molar-refractivity contribution in [2.24, 2.45) is 0 Å². The second-order valence-electron chi connectivity index (χ2n) is 3.07. The molecule has 1 aliphatic rings. The zero-order valence-corrected chi connectivity index (χ0v) is 8.16. The molecular formula is C10H10O6. The minimum atomic E-state index is -1.42. The van der Waals surface area contributed by atoms with E-state index in [1.54, 1.807) is 0 Å². The van der Waals surface area contributed by atoms with Gasteiger partial charge in [0.05, 0.1) is 5.57 Å². The molecule has 0 radical (unpaired) electrons. The Kier molecular flexibility index (Phi) is 3.47. The number of hydrogen-bond donors (Lipinski definition) is 3. The molecule has 3 N–H and O–H groups in total. The Morgan fingerprint density at radius 2 is 2.00 bits per heavy atom. The summed E-state index contributed by atoms with van der Waals surface area (Å²) < 4.78 is 4.81. The summed E-state index contributed by atoms with van der Waals surface area (Å²) in [5.41, 5.74) is -0.259. The van der Waals surface area contributed by atoms with Crippen LogP contribution in [0.4, 0.5) is 0 Å². The first kappa shape index (κ1) is 12.0. The predicted molar refractivity (Wildman–Crippen MR) is 52.5 cm³/mol. The fourth-order valence-electron chi connectivity index (χ4n) is 1.17. The van der Waals surface area contributed by atoms with E-state index in [2.05, 4.69) is 6.58 Å². The van der Waals surface area contributed by atoms with Crippen molar-refractivity contribution in [2.75, 3.05) is 0 Å². The Bertz CT molecular complexity index is 392. The molecule has 0 saturated carbocycles. The van der Waals surface area contributed by atoms with Gasteiger partial charge in [0, 0.05) is 0 Å². The summed E-state index contributed by atoms with van der Waals surface area (Å²) in [6, 6.07) is 0. The lowest BCUT2D eigenvalue weighted by atomic mass is 9.99. The van der Waals surface area contributed by atoms with E-state index >= 15 is 0 Å². The number of rotatable bonds is 4. The van der Waals surface area contributed by atoms with Gasteiger partial charge in [-0.25, -0.2) is 9.59 Å². The molecule has 0 amide bonds. The van der Waals surface area contributed by atoms with Crippen molar-refractivity contribution in [3.63, 3.8) is 0 Å².